The smallest absolute Gasteiger partial charge is 0.157 e. The second kappa shape index (κ2) is 6.32. The van der Waals surface area contributed by atoms with Crippen LogP contribution in [0.2, 0.25) is 0 Å². The van der Waals surface area contributed by atoms with Crippen LogP contribution >= 0.6 is 0 Å². The Labute approximate surface area is 145 Å². The molecule has 6 heteroatoms. The van der Waals surface area contributed by atoms with Crippen LogP contribution in [-0.2, 0) is 6.54 Å². The van der Waals surface area contributed by atoms with Crippen LogP contribution in [0.4, 0.5) is 11.5 Å². The zero-order valence-corrected chi connectivity index (χ0v) is 14.2. The summed E-state index contributed by atoms with van der Waals surface area (Å²) in [5.74, 6) is 1.80. The van der Waals surface area contributed by atoms with Crippen LogP contribution in [-0.4, -0.2) is 28.5 Å². The molecular formula is C19H19N5O. The van der Waals surface area contributed by atoms with Gasteiger partial charge in [-0.2, -0.15) is 0 Å². The van der Waals surface area contributed by atoms with Crippen LogP contribution in [0.3, 0.4) is 0 Å². The van der Waals surface area contributed by atoms with E-state index in [2.05, 4.69) is 39.5 Å². The molecule has 1 N–H and O–H groups in total. The number of furan rings is 1. The van der Waals surface area contributed by atoms with Crippen molar-refractivity contribution in [1.29, 1.82) is 0 Å². The molecule has 6 nitrogen and oxygen atoms in total. The highest BCUT2D eigenvalue weighted by Gasteiger charge is 2.14. The molecule has 3 aromatic heterocycles. The van der Waals surface area contributed by atoms with Crippen LogP contribution in [0.5, 0.6) is 0 Å². The maximum Gasteiger partial charge on any atom is 0.157 e. The molecule has 0 aliphatic carbocycles. The number of imidazole rings is 1. The van der Waals surface area contributed by atoms with Crippen molar-refractivity contribution >= 4 is 17.2 Å². The fourth-order valence-corrected chi connectivity index (χ4v) is 2.78. The van der Waals surface area contributed by atoms with E-state index < -0.39 is 0 Å². The van der Waals surface area contributed by atoms with Crippen molar-refractivity contribution in [2.75, 3.05) is 24.3 Å². The summed E-state index contributed by atoms with van der Waals surface area (Å²) in [6.45, 7) is 0.589. The van der Waals surface area contributed by atoms with Crippen LogP contribution in [0.15, 0.2) is 65.7 Å². The molecule has 1 aromatic carbocycles. The predicted octanol–water partition coefficient (Wildman–Crippen LogP) is 3.67. The Bertz CT molecular complexity index is 971. The molecule has 0 saturated heterocycles. The number of hydrogen-bond acceptors (Lipinski definition) is 5. The number of fused-ring (bicyclic) bond motifs is 1. The van der Waals surface area contributed by atoms with Gasteiger partial charge in [0.15, 0.2) is 5.65 Å². The lowest BCUT2D eigenvalue weighted by molar-refractivity contribution is 0.518. The fourth-order valence-electron chi connectivity index (χ4n) is 2.78. The maximum atomic E-state index is 5.42. The Morgan fingerprint density at radius 3 is 2.72 bits per heavy atom. The monoisotopic (exact) mass is 333 g/mol. The summed E-state index contributed by atoms with van der Waals surface area (Å²) < 4.78 is 7.43. The molecule has 4 rings (SSSR count). The molecule has 0 spiro atoms. The summed E-state index contributed by atoms with van der Waals surface area (Å²) in [5.41, 5.74) is 3.90. The van der Waals surface area contributed by atoms with Crippen molar-refractivity contribution in [2.45, 2.75) is 6.54 Å². The molecule has 0 aliphatic heterocycles. The Balaban J connectivity index is 1.75. The third kappa shape index (κ3) is 2.94. The van der Waals surface area contributed by atoms with E-state index in [4.69, 9.17) is 9.40 Å². The van der Waals surface area contributed by atoms with Gasteiger partial charge in [-0.1, -0.05) is 12.1 Å². The topological polar surface area (TPSA) is 58.6 Å². The first-order valence-corrected chi connectivity index (χ1v) is 8.08. The first kappa shape index (κ1) is 15.3. The van der Waals surface area contributed by atoms with E-state index in [0.717, 1.165) is 34.2 Å². The number of aromatic nitrogens is 3. The third-order valence-corrected chi connectivity index (χ3v) is 4.10. The quantitative estimate of drug-likeness (QED) is 0.604. The number of benzene rings is 1. The minimum atomic E-state index is 0.589. The average molecular weight is 333 g/mol. The highest BCUT2D eigenvalue weighted by molar-refractivity contribution is 5.77. The minimum absolute atomic E-state index is 0.589. The van der Waals surface area contributed by atoms with E-state index in [-0.39, 0.29) is 0 Å². The minimum Gasteiger partial charge on any atom is -0.467 e. The lowest BCUT2D eigenvalue weighted by Gasteiger charge is -2.13. The fraction of sp³-hybridized carbons (Fsp3) is 0.158. The van der Waals surface area contributed by atoms with Crippen LogP contribution in [0.1, 0.15) is 5.76 Å². The molecule has 0 unspecified atom stereocenters. The lowest BCUT2D eigenvalue weighted by atomic mass is 10.1. The number of nitrogens with one attached hydrogen (secondary N) is 1. The third-order valence-electron chi connectivity index (χ3n) is 4.10. The molecule has 126 valence electrons. The number of hydrogen-bond donors (Lipinski definition) is 1. The molecular weight excluding hydrogens is 314 g/mol. The van der Waals surface area contributed by atoms with Gasteiger partial charge >= 0.3 is 0 Å². The second-order valence-electron chi connectivity index (χ2n) is 5.99. The first-order chi connectivity index (χ1) is 12.2. The molecule has 0 radical (unpaired) electrons. The average Bonchev–Trinajstić information content (AvgIpc) is 3.27. The molecule has 0 atom stereocenters. The van der Waals surface area contributed by atoms with E-state index in [1.54, 1.807) is 18.7 Å². The number of anilines is 2. The van der Waals surface area contributed by atoms with E-state index in [9.17, 15) is 0 Å². The first-order valence-electron chi connectivity index (χ1n) is 8.08. The van der Waals surface area contributed by atoms with E-state index in [0.29, 0.717) is 6.54 Å². The highest BCUT2D eigenvalue weighted by Crippen LogP contribution is 2.30. The van der Waals surface area contributed by atoms with Gasteiger partial charge < -0.3 is 14.6 Å². The standard InChI is InChI=1S/C19H19N5O/c1-23(2)15-7-5-14(6-8-15)18-19(21-12-16-4-3-11-25-16)24-10-9-20-13-17(24)22-18/h3-11,13,21H,12H2,1-2H3. The van der Waals surface area contributed by atoms with Gasteiger partial charge in [-0.15, -0.1) is 0 Å². The lowest BCUT2D eigenvalue weighted by Crippen LogP contribution is -2.08. The maximum absolute atomic E-state index is 5.42. The van der Waals surface area contributed by atoms with Gasteiger partial charge in [0.25, 0.3) is 0 Å². The van der Waals surface area contributed by atoms with E-state index in [1.807, 2.05) is 36.8 Å². The van der Waals surface area contributed by atoms with Gasteiger partial charge in [0.2, 0.25) is 0 Å². The van der Waals surface area contributed by atoms with Gasteiger partial charge in [-0.05, 0) is 24.3 Å². The molecule has 0 bridgehead atoms. The summed E-state index contributed by atoms with van der Waals surface area (Å²) in [4.78, 5) is 11.0. The normalized spacial score (nSPS) is 11.0. The molecule has 0 aliphatic rings. The van der Waals surface area contributed by atoms with Gasteiger partial charge in [0.05, 0.1) is 19.0 Å². The summed E-state index contributed by atoms with van der Waals surface area (Å²) >= 11 is 0. The molecule has 4 aromatic rings. The Hall–Kier alpha value is -3.28. The zero-order valence-electron chi connectivity index (χ0n) is 14.2. The van der Waals surface area contributed by atoms with Gasteiger partial charge in [-0.25, -0.2) is 4.98 Å². The molecule has 0 fully saturated rings. The highest BCUT2D eigenvalue weighted by atomic mass is 16.3. The van der Waals surface area contributed by atoms with Crippen molar-refractivity contribution in [1.82, 2.24) is 14.4 Å². The van der Waals surface area contributed by atoms with Crippen molar-refractivity contribution in [3.63, 3.8) is 0 Å². The van der Waals surface area contributed by atoms with Crippen molar-refractivity contribution in [3.8, 4) is 11.3 Å². The summed E-state index contributed by atoms with van der Waals surface area (Å²) in [6, 6.07) is 12.2. The summed E-state index contributed by atoms with van der Waals surface area (Å²) in [7, 11) is 4.06. The van der Waals surface area contributed by atoms with Crippen LogP contribution in [0.25, 0.3) is 16.9 Å². The number of nitrogens with zero attached hydrogens (tertiary/aromatic N) is 4. The largest absolute Gasteiger partial charge is 0.467 e. The SMILES string of the molecule is CN(C)c1ccc(-c2nc3cnccn3c2NCc2ccco2)cc1. The van der Waals surface area contributed by atoms with Gasteiger partial charge in [0.1, 0.15) is 17.3 Å². The molecule has 3 heterocycles. The molecule has 0 amide bonds. The Morgan fingerprint density at radius 1 is 1.16 bits per heavy atom. The van der Waals surface area contributed by atoms with Crippen LogP contribution < -0.4 is 10.2 Å². The van der Waals surface area contributed by atoms with E-state index in [1.165, 1.54) is 0 Å². The Kier molecular flexibility index (Phi) is 3.85. The molecule has 0 saturated carbocycles. The second-order valence-corrected chi connectivity index (χ2v) is 5.99. The molecule has 25 heavy (non-hydrogen) atoms. The zero-order chi connectivity index (χ0) is 17.2. The number of rotatable bonds is 5. The van der Waals surface area contributed by atoms with Gasteiger partial charge in [-0.3, -0.25) is 9.38 Å². The van der Waals surface area contributed by atoms with Crippen LogP contribution in [0, 0.1) is 0 Å². The predicted molar refractivity (Wildman–Crippen MR) is 98.8 cm³/mol. The van der Waals surface area contributed by atoms with Crippen molar-refractivity contribution in [2.24, 2.45) is 0 Å². The van der Waals surface area contributed by atoms with Gasteiger partial charge in [0, 0.05) is 37.7 Å². The van der Waals surface area contributed by atoms with Crippen molar-refractivity contribution in [3.05, 3.63) is 67.0 Å². The van der Waals surface area contributed by atoms with Crippen molar-refractivity contribution < 1.29 is 4.42 Å². The Morgan fingerprint density at radius 2 is 2.00 bits per heavy atom. The van der Waals surface area contributed by atoms with E-state index >= 15 is 0 Å². The summed E-state index contributed by atoms with van der Waals surface area (Å²) in [5, 5.41) is 3.44. The summed E-state index contributed by atoms with van der Waals surface area (Å²) in [6.07, 6.45) is 7.10.